The number of rotatable bonds is 3. The number of aliphatic hydroxyl groups excluding tert-OH is 1. The van der Waals surface area contributed by atoms with Crippen LogP contribution < -0.4 is 5.32 Å². The Labute approximate surface area is 131 Å². The normalized spacial score (nSPS) is 23.1. The van der Waals surface area contributed by atoms with Crippen LogP contribution in [0.25, 0.3) is 0 Å². The molecule has 3 nitrogen and oxygen atoms in total. The molecule has 2 rings (SSSR count). The summed E-state index contributed by atoms with van der Waals surface area (Å²) < 4.78 is 0.936. The lowest BCUT2D eigenvalue weighted by atomic mass is 9.87. The van der Waals surface area contributed by atoms with Crippen molar-refractivity contribution in [2.75, 3.05) is 6.54 Å². The van der Waals surface area contributed by atoms with Gasteiger partial charge in [-0.15, -0.1) is 0 Å². The van der Waals surface area contributed by atoms with Crippen LogP contribution in [0.2, 0.25) is 5.02 Å². The van der Waals surface area contributed by atoms with Gasteiger partial charge in [0.15, 0.2) is 0 Å². The maximum Gasteiger partial charge on any atom is 0.251 e. The topological polar surface area (TPSA) is 49.3 Å². The number of carbonyl (C=O) groups is 1. The van der Waals surface area contributed by atoms with Crippen LogP contribution in [-0.4, -0.2) is 23.7 Å². The minimum atomic E-state index is -0.205. The number of benzene rings is 1. The highest BCUT2D eigenvalue weighted by Crippen LogP contribution is 2.24. The predicted octanol–water partition coefficient (Wildman–Crippen LogP) is 3.23. The molecule has 0 bridgehead atoms. The molecule has 1 fully saturated rings. The molecule has 2 N–H and O–H groups in total. The molecule has 2 unspecified atom stereocenters. The zero-order valence-corrected chi connectivity index (χ0v) is 13.4. The van der Waals surface area contributed by atoms with Gasteiger partial charge in [0.05, 0.1) is 11.1 Å². The van der Waals surface area contributed by atoms with E-state index in [2.05, 4.69) is 27.9 Å². The van der Waals surface area contributed by atoms with E-state index >= 15 is 0 Å². The Morgan fingerprint density at radius 2 is 2.26 bits per heavy atom. The molecule has 0 aromatic heterocycles. The molecule has 5 heteroatoms. The van der Waals surface area contributed by atoms with Crippen molar-refractivity contribution < 1.29 is 9.90 Å². The van der Waals surface area contributed by atoms with Gasteiger partial charge in [0, 0.05) is 15.7 Å². The molecule has 0 saturated heterocycles. The molecule has 1 saturated carbocycles. The molecular weight excluding hydrogens is 377 g/mol. The van der Waals surface area contributed by atoms with E-state index < -0.39 is 0 Å². The Balaban J connectivity index is 1.88. The highest BCUT2D eigenvalue weighted by Gasteiger charge is 2.20. The molecule has 104 valence electrons. The van der Waals surface area contributed by atoms with E-state index in [0.29, 0.717) is 23.0 Å². The van der Waals surface area contributed by atoms with Crippen molar-refractivity contribution in [3.05, 3.63) is 32.4 Å². The van der Waals surface area contributed by atoms with Gasteiger partial charge >= 0.3 is 0 Å². The molecule has 1 aliphatic carbocycles. The van der Waals surface area contributed by atoms with Crippen molar-refractivity contribution in [2.45, 2.75) is 31.8 Å². The van der Waals surface area contributed by atoms with Gasteiger partial charge in [-0.3, -0.25) is 4.79 Å². The third-order valence-corrected chi connectivity index (χ3v) is 5.06. The zero-order chi connectivity index (χ0) is 13.8. The van der Waals surface area contributed by atoms with Crippen LogP contribution in [0.4, 0.5) is 0 Å². The number of hydrogen-bond acceptors (Lipinski definition) is 2. The summed E-state index contributed by atoms with van der Waals surface area (Å²) in [6.07, 6.45) is 3.58. The summed E-state index contributed by atoms with van der Waals surface area (Å²) in [5, 5.41) is 13.1. The molecule has 2 atom stereocenters. The summed E-state index contributed by atoms with van der Waals surface area (Å²) in [5.74, 6) is 0.283. The van der Waals surface area contributed by atoms with Gasteiger partial charge in [0.25, 0.3) is 5.91 Å². The monoisotopic (exact) mass is 393 g/mol. The summed E-state index contributed by atoms with van der Waals surface area (Å²) in [4.78, 5) is 12.0. The average molecular weight is 394 g/mol. The number of halogens is 2. The van der Waals surface area contributed by atoms with Crippen molar-refractivity contribution in [1.82, 2.24) is 5.32 Å². The van der Waals surface area contributed by atoms with E-state index in [1.54, 1.807) is 12.1 Å². The highest BCUT2D eigenvalue weighted by atomic mass is 127. The van der Waals surface area contributed by atoms with Crippen molar-refractivity contribution in [3.8, 4) is 0 Å². The van der Waals surface area contributed by atoms with Gasteiger partial charge in [-0.2, -0.15) is 0 Å². The molecule has 0 spiro atoms. The molecular formula is C14H17ClINO2. The maximum atomic E-state index is 12.0. The van der Waals surface area contributed by atoms with Crippen molar-refractivity contribution in [3.63, 3.8) is 0 Å². The Bertz CT molecular complexity index is 467. The number of nitrogens with one attached hydrogen (secondary N) is 1. The zero-order valence-electron chi connectivity index (χ0n) is 10.5. The average Bonchev–Trinajstić information content (AvgIpc) is 2.39. The molecule has 0 heterocycles. The van der Waals surface area contributed by atoms with E-state index in [0.717, 1.165) is 29.3 Å². The third-order valence-electron chi connectivity index (χ3n) is 3.49. The largest absolute Gasteiger partial charge is 0.393 e. The van der Waals surface area contributed by atoms with E-state index in [4.69, 9.17) is 11.6 Å². The van der Waals surface area contributed by atoms with Crippen LogP contribution in [0.5, 0.6) is 0 Å². The summed E-state index contributed by atoms with van der Waals surface area (Å²) in [6, 6.07) is 5.30. The van der Waals surface area contributed by atoms with Crippen LogP contribution >= 0.6 is 34.2 Å². The second-order valence-corrected chi connectivity index (χ2v) is 6.59. The molecule has 0 aliphatic heterocycles. The molecule has 19 heavy (non-hydrogen) atoms. The van der Waals surface area contributed by atoms with E-state index in [-0.39, 0.29) is 12.0 Å². The molecule has 1 aromatic rings. The summed E-state index contributed by atoms with van der Waals surface area (Å²) in [5.41, 5.74) is 0.585. The first-order valence-electron chi connectivity index (χ1n) is 6.47. The Morgan fingerprint density at radius 3 is 2.95 bits per heavy atom. The van der Waals surface area contributed by atoms with Gasteiger partial charge in [-0.05, 0) is 66.0 Å². The quantitative estimate of drug-likeness (QED) is 0.775. The van der Waals surface area contributed by atoms with E-state index in [1.807, 2.05) is 6.07 Å². The standard InChI is InChI=1S/C14H17ClINO2/c15-12-7-10(4-5-13(12)16)14(19)17-8-9-2-1-3-11(18)6-9/h4-5,7,9,11,18H,1-3,6,8H2,(H,17,19). The third kappa shape index (κ3) is 4.33. The summed E-state index contributed by atoms with van der Waals surface area (Å²) >= 11 is 8.14. The number of hydrogen-bond donors (Lipinski definition) is 2. The fourth-order valence-corrected chi connectivity index (χ4v) is 2.94. The Hall–Kier alpha value is -0.330. The van der Waals surface area contributed by atoms with Crippen molar-refractivity contribution in [1.29, 1.82) is 0 Å². The number of carbonyl (C=O) groups excluding carboxylic acids is 1. The van der Waals surface area contributed by atoms with Crippen LogP contribution in [-0.2, 0) is 0 Å². The van der Waals surface area contributed by atoms with Crippen LogP contribution in [0.3, 0.4) is 0 Å². The van der Waals surface area contributed by atoms with Gasteiger partial charge in [0.1, 0.15) is 0 Å². The van der Waals surface area contributed by atoms with Gasteiger partial charge < -0.3 is 10.4 Å². The number of aliphatic hydroxyl groups is 1. The summed E-state index contributed by atoms with van der Waals surface area (Å²) in [7, 11) is 0. The predicted molar refractivity (Wildman–Crippen MR) is 84.5 cm³/mol. The highest BCUT2D eigenvalue weighted by molar-refractivity contribution is 14.1. The first kappa shape index (κ1) is 15.1. The first-order chi connectivity index (χ1) is 9.06. The Morgan fingerprint density at radius 1 is 1.47 bits per heavy atom. The van der Waals surface area contributed by atoms with E-state index in [1.165, 1.54) is 0 Å². The minimum absolute atomic E-state index is 0.0987. The lowest BCUT2D eigenvalue weighted by molar-refractivity contribution is 0.0874. The molecule has 0 radical (unpaired) electrons. The fourth-order valence-electron chi connectivity index (χ4n) is 2.42. The molecule has 1 amide bonds. The molecule has 1 aliphatic rings. The second kappa shape index (κ2) is 6.90. The van der Waals surface area contributed by atoms with Gasteiger partial charge in [-0.25, -0.2) is 0 Å². The minimum Gasteiger partial charge on any atom is -0.393 e. The van der Waals surface area contributed by atoms with Crippen molar-refractivity contribution >= 4 is 40.1 Å². The number of amides is 1. The summed E-state index contributed by atoms with van der Waals surface area (Å²) in [6.45, 7) is 0.625. The van der Waals surface area contributed by atoms with Crippen LogP contribution in [0.1, 0.15) is 36.0 Å². The SMILES string of the molecule is O=C(NCC1CCCC(O)C1)c1ccc(I)c(Cl)c1. The maximum absolute atomic E-state index is 12.0. The molecule has 1 aromatic carbocycles. The second-order valence-electron chi connectivity index (χ2n) is 5.03. The first-order valence-corrected chi connectivity index (χ1v) is 7.93. The Kier molecular flexibility index (Phi) is 5.47. The van der Waals surface area contributed by atoms with Crippen LogP contribution in [0.15, 0.2) is 18.2 Å². The van der Waals surface area contributed by atoms with E-state index in [9.17, 15) is 9.90 Å². The lowest BCUT2D eigenvalue weighted by Crippen LogP contribution is -2.32. The van der Waals surface area contributed by atoms with Crippen molar-refractivity contribution in [2.24, 2.45) is 5.92 Å². The van der Waals surface area contributed by atoms with Gasteiger partial charge in [0.2, 0.25) is 0 Å². The van der Waals surface area contributed by atoms with Crippen LogP contribution in [0, 0.1) is 9.49 Å². The lowest BCUT2D eigenvalue weighted by Gasteiger charge is -2.25. The fraction of sp³-hybridized carbons (Fsp3) is 0.500. The van der Waals surface area contributed by atoms with Gasteiger partial charge in [-0.1, -0.05) is 18.0 Å². The smallest absolute Gasteiger partial charge is 0.251 e.